The summed E-state index contributed by atoms with van der Waals surface area (Å²) in [5.74, 6) is 0. The Morgan fingerprint density at radius 1 is 1.13 bits per heavy atom. The molecule has 23 heavy (non-hydrogen) atoms. The SMILES string of the molecule is C=C1C[C@H](C[C@@H]2CCO[C@H](c3cccc(C)c3)O2)O[C@@H](CC)C1. The van der Waals surface area contributed by atoms with E-state index in [0.29, 0.717) is 6.10 Å². The number of ether oxygens (including phenoxy) is 3. The predicted molar refractivity (Wildman–Crippen MR) is 91.3 cm³/mol. The van der Waals surface area contributed by atoms with Crippen LogP contribution in [0.25, 0.3) is 0 Å². The van der Waals surface area contributed by atoms with Crippen LogP contribution in [0.15, 0.2) is 36.4 Å². The number of benzene rings is 1. The van der Waals surface area contributed by atoms with Gasteiger partial charge in [0.25, 0.3) is 0 Å². The number of rotatable bonds is 4. The van der Waals surface area contributed by atoms with Gasteiger partial charge in [0, 0.05) is 12.0 Å². The Bertz CT molecular complexity index is 539. The van der Waals surface area contributed by atoms with Crippen LogP contribution in [0.2, 0.25) is 0 Å². The largest absolute Gasteiger partial charge is 0.374 e. The summed E-state index contributed by atoms with van der Waals surface area (Å²) in [6.45, 7) is 9.20. The van der Waals surface area contributed by atoms with E-state index in [1.54, 1.807) is 0 Å². The molecule has 0 aliphatic carbocycles. The maximum atomic E-state index is 6.20. The van der Waals surface area contributed by atoms with Crippen molar-refractivity contribution >= 4 is 0 Å². The zero-order valence-corrected chi connectivity index (χ0v) is 14.3. The average Bonchev–Trinajstić information content (AvgIpc) is 2.54. The third-order valence-electron chi connectivity index (χ3n) is 4.74. The monoisotopic (exact) mass is 316 g/mol. The molecule has 2 heterocycles. The summed E-state index contributed by atoms with van der Waals surface area (Å²) in [6.07, 6.45) is 5.41. The Morgan fingerprint density at radius 2 is 1.96 bits per heavy atom. The Balaban J connectivity index is 1.59. The molecule has 4 atom stereocenters. The molecule has 2 fully saturated rings. The molecule has 3 rings (SSSR count). The second-order valence-corrected chi connectivity index (χ2v) is 6.85. The van der Waals surface area contributed by atoms with Gasteiger partial charge in [-0.25, -0.2) is 0 Å². The maximum Gasteiger partial charge on any atom is 0.184 e. The van der Waals surface area contributed by atoms with Gasteiger partial charge in [-0.1, -0.05) is 48.9 Å². The number of hydrogen-bond donors (Lipinski definition) is 0. The van der Waals surface area contributed by atoms with Crippen LogP contribution in [0.1, 0.15) is 56.4 Å². The van der Waals surface area contributed by atoms with Gasteiger partial charge in [0.1, 0.15) is 0 Å². The Labute approximate surface area is 139 Å². The van der Waals surface area contributed by atoms with Crippen molar-refractivity contribution in [2.24, 2.45) is 0 Å². The second-order valence-electron chi connectivity index (χ2n) is 6.85. The van der Waals surface area contributed by atoms with Gasteiger partial charge in [0.2, 0.25) is 0 Å². The minimum Gasteiger partial charge on any atom is -0.374 e. The first-order valence-corrected chi connectivity index (χ1v) is 8.79. The molecule has 1 aromatic rings. The molecular formula is C20H28O3. The number of hydrogen-bond acceptors (Lipinski definition) is 3. The molecule has 0 unspecified atom stereocenters. The van der Waals surface area contributed by atoms with Gasteiger partial charge in [0.05, 0.1) is 24.9 Å². The fraction of sp³-hybridized carbons (Fsp3) is 0.600. The maximum absolute atomic E-state index is 6.20. The summed E-state index contributed by atoms with van der Waals surface area (Å²) in [5, 5.41) is 0. The molecule has 0 radical (unpaired) electrons. The van der Waals surface area contributed by atoms with Gasteiger partial charge in [-0.3, -0.25) is 0 Å². The summed E-state index contributed by atoms with van der Waals surface area (Å²) in [6, 6.07) is 8.36. The molecule has 3 heteroatoms. The first-order valence-electron chi connectivity index (χ1n) is 8.79. The van der Waals surface area contributed by atoms with E-state index >= 15 is 0 Å². The Morgan fingerprint density at radius 3 is 2.74 bits per heavy atom. The highest BCUT2D eigenvalue weighted by molar-refractivity contribution is 5.23. The summed E-state index contributed by atoms with van der Waals surface area (Å²) in [5.41, 5.74) is 3.65. The zero-order valence-electron chi connectivity index (χ0n) is 14.3. The summed E-state index contributed by atoms with van der Waals surface area (Å²) < 4.78 is 18.2. The number of aryl methyl sites for hydroxylation is 1. The van der Waals surface area contributed by atoms with Crippen LogP contribution in [0, 0.1) is 6.92 Å². The lowest BCUT2D eigenvalue weighted by Crippen LogP contribution is -2.35. The van der Waals surface area contributed by atoms with Crippen molar-refractivity contribution in [1.82, 2.24) is 0 Å². The fourth-order valence-corrected chi connectivity index (χ4v) is 3.52. The summed E-state index contributed by atoms with van der Waals surface area (Å²) >= 11 is 0. The van der Waals surface area contributed by atoms with E-state index < -0.39 is 0 Å². The molecule has 0 bridgehead atoms. The molecule has 0 N–H and O–H groups in total. The van der Waals surface area contributed by atoms with Crippen molar-refractivity contribution in [3.63, 3.8) is 0 Å². The van der Waals surface area contributed by atoms with Gasteiger partial charge in [0.15, 0.2) is 6.29 Å². The Hall–Kier alpha value is -1.16. The van der Waals surface area contributed by atoms with Gasteiger partial charge in [-0.05, 0) is 32.6 Å². The second kappa shape index (κ2) is 7.61. The molecule has 0 spiro atoms. The standard InChI is InChI=1S/C20H28O3/c1-4-17-11-15(3)12-19(22-17)13-18-8-9-21-20(23-18)16-7-5-6-14(2)10-16/h5-7,10,17-20H,3-4,8-9,11-13H2,1-2H3/t17-,18-,19+,20-/m0/s1. The van der Waals surface area contributed by atoms with Crippen molar-refractivity contribution in [2.45, 2.75) is 70.6 Å². The molecule has 2 saturated heterocycles. The van der Waals surface area contributed by atoms with Crippen molar-refractivity contribution in [3.8, 4) is 0 Å². The van der Waals surface area contributed by atoms with E-state index in [9.17, 15) is 0 Å². The molecule has 3 nitrogen and oxygen atoms in total. The molecule has 2 aliphatic rings. The molecule has 1 aromatic carbocycles. The summed E-state index contributed by atoms with van der Waals surface area (Å²) in [7, 11) is 0. The van der Waals surface area contributed by atoms with Crippen LogP contribution in [0.4, 0.5) is 0 Å². The lowest BCUT2D eigenvalue weighted by Gasteiger charge is -2.36. The van der Waals surface area contributed by atoms with Crippen molar-refractivity contribution in [2.75, 3.05) is 6.61 Å². The van der Waals surface area contributed by atoms with E-state index in [2.05, 4.69) is 44.7 Å². The quantitative estimate of drug-likeness (QED) is 0.753. The van der Waals surface area contributed by atoms with Crippen molar-refractivity contribution in [1.29, 1.82) is 0 Å². The topological polar surface area (TPSA) is 27.7 Å². The van der Waals surface area contributed by atoms with Gasteiger partial charge in [-0.2, -0.15) is 0 Å². The van der Waals surface area contributed by atoms with Crippen LogP contribution < -0.4 is 0 Å². The van der Waals surface area contributed by atoms with E-state index in [1.165, 1.54) is 11.1 Å². The van der Waals surface area contributed by atoms with E-state index in [1.807, 2.05) is 0 Å². The van der Waals surface area contributed by atoms with Crippen LogP contribution in [0.3, 0.4) is 0 Å². The Kier molecular flexibility index (Phi) is 5.52. The average molecular weight is 316 g/mol. The van der Waals surface area contributed by atoms with Crippen molar-refractivity contribution < 1.29 is 14.2 Å². The van der Waals surface area contributed by atoms with Crippen LogP contribution >= 0.6 is 0 Å². The molecule has 0 aromatic heterocycles. The minimum atomic E-state index is -0.248. The van der Waals surface area contributed by atoms with E-state index in [4.69, 9.17) is 14.2 Å². The highest BCUT2D eigenvalue weighted by atomic mass is 16.7. The molecule has 0 amide bonds. The molecule has 126 valence electrons. The zero-order chi connectivity index (χ0) is 16.2. The molecule has 0 saturated carbocycles. The van der Waals surface area contributed by atoms with Gasteiger partial charge in [-0.15, -0.1) is 0 Å². The highest BCUT2D eigenvalue weighted by Gasteiger charge is 2.30. The van der Waals surface area contributed by atoms with Gasteiger partial charge < -0.3 is 14.2 Å². The van der Waals surface area contributed by atoms with E-state index in [-0.39, 0.29) is 18.5 Å². The predicted octanol–water partition coefficient (Wildman–Crippen LogP) is 4.70. The van der Waals surface area contributed by atoms with E-state index in [0.717, 1.165) is 44.3 Å². The minimum absolute atomic E-state index is 0.197. The first kappa shape index (κ1) is 16.7. The molecule has 2 aliphatic heterocycles. The third kappa shape index (κ3) is 4.43. The first-order chi connectivity index (χ1) is 11.1. The molecular weight excluding hydrogens is 288 g/mol. The normalized spacial score (nSPS) is 32.0. The van der Waals surface area contributed by atoms with Crippen molar-refractivity contribution in [3.05, 3.63) is 47.5 Å². The smallest absolute Gasteiger partial charge is 0.184 e. The highest BCUT2D eigenvalue weighted by Crippen LogP contribution is 2.32. The van der Waals surface area contributed by atoms with Crippen LogP contribution in [-0.2, 0) is 14.2 Å². The lowest BCUT2D eigenvalue weighted by molar-refractivity contribution is -0.225. The summed E-state index contributed by atoms with van der Waals surface area (Å²) in [4.78, 5) is 0. The van der Waals surface area contributed by atoms with Gasteiger partial charge >= 0.3 is 0 Å². The third-order valence-corrected chi connectivity index (χ3v) is 4.74. The van der Waals surface area contributed by atoms with Crippen LogP contribution in [0.5, 0.6) is 0 Å². The fourth-order valence-electron chi connectivity index (χ4n) is 3.52. The lowest BCUT2D eigenvalue weighted by atomic mass is 9.94. The van der Waals surface area contributed by atoms with Crippen LogP contribution in [-0.4, -0.2) is 24.9 Å².